The summed E-state index contributed by atoms with van der Waals surface area (Å²) in [6, 6.07) is 21.8. The molecule has 5 nitrogen and oxygen atoms in total. The van der Waals surface area contributed by atoms with E-state index in [4.69, 9.17) is 0 Å². The summed E-state index contributed by atoms with van der Waals surface area (Å²) in [6.07, 6.45) is 7.36. The van der Waals surface area contributed by atoms with E-state index in [1.54, 1.807) is 24.2 Å². The van der Waals surface area contributed by atoms with Crippen LogP contribution in [0.1, 0.15) is 27.0 Å². The highest BCUT2D eigenvalue weighted by molar-refractivity contribution is 7.98. The van der Waals surface area contributed by atoms with Crippen LogP contribution in [0.5, 0.6) is 0 Å². The third-order valence-corrected chi connectivity index (χ3v) is 5.71. The molecule has 2 heterocycles. The summed E-state index contributed by atoms with van der Waals surface area (Å²) in [5.41, 5.74) is 4.08. The fourth-order valence-electron chi connectivity index (χ4n) is 2.98. The van der Waals surface area contributed by atoms with Crippen molar-refractivity contribution in [3.05, 3.63) is 114 Å². The number of nitrogens with one attached hydrogen (secondary N) is 1. The molecule has 1 amide bonds. The predicted octanol–water partition coefficient (Wildman–Crippen LogP) is 4.55. The quantitative estimate of drug-likeness (QED) is 0.430. The van der Waals surface area contributed by atoms with Crippen molar-refractivity contribution in [1.29, 1.82) is 0 Å². The lowest BCUT2D eigenvalue weighted by molar-refractivity contribution is 0.0951. The molecule has 1 N–H and O–H groups in total. The van der Waals surface area contributed by atoms with Crippen LogP contribution in [0.2, 0.25) is 0 Å². The van der Waals surface area contributed by atoms with Gasteiger partial charge in [-0.15, -0.1) is 11.8 Å². The highest BCUT2D eigenvalue weighted by Crippen LogP contribution is 2.22. The smallest absolute Gasteiger partial charge is 0.251 e. The lowest BCUT2D eigenvalue weighted by atomic mass is 10.1. The van der Waals surface area contributed by atoms with Crippen molar-refractivity contribution in [3.8, 4) is 0 Å². The largest absolute Gasteiger partial charge is 0.348 e. The van der Waals surface area contributed by atoms with E-state index in [1.807, 2.05) is 65.6 Å². The number of nitrogens with zero attached hydrogens (tertiary/aromatic N) is 3. The van der Waals surface area contributed by atoms with Crippen LogP contribution in [0.3, 0.4) is 0 Å². The Morgan fingerprint density at radius 1 is 0.900 bits per heavy atom. The fraction of sp³-hybridized carbons (Fsp3) is 0.125. The fourth-order valence-corrected chi connectivity index (χ4v) is 3.81. The van der Waals surface area contributed by atoms with E-state index >= 15 is 0 Å². The Balaban J connectivity index is 1.26. The van der Waals surface area contributed by atoms with Crippen molar-refractivity contribution in [2.45, 2.75) is 23.7 Å². The zero-order chi connectivity index (χ0) is 20.6. The summed E-state index contributed by atoms with van der Waals surface area (Å²) in [5.74, 6) is 0.787. The molecule has 0 bridgehead atoms. The summed E-state index contributed by atoms with van der Waals surface area (Å²) >= 11 is 1.73. The molecular formula is C24H22N4OS. The average Bonchev–Trinajstić information content (AvgIpc) is 3.31. The molecule has 4 aromatic rings. The van der Waals surface area contributed by atoms with Crippen molar-refractivity contribution in [2.75, 3.05) is 0 Å². The number of rotatable bonds is 8. The monoisotopic (exact) mass is 414 g/mol. The average molecular weight is 415 g/mol. The highest BCUT2D eigenvalue weighted by atomic mass is 32.2. The summed E-state index contributed by atoms with van der Waals surface area (Å²) in [4.78, 5) is 17.7. The van der Waals surface area contributed by atoms with Crippen molar-refractivity contribution in [3.63, 3.8) is 0 Å². The number of thioether (sulfide) groups is 1. The van der Waals surface area contributed by atoms with E-state index in [1.165, 1.54) is 11.1 Å². The number of hydrogen-bond acceptors (Lipinski definition) is 4. The molecule has 0 aliphatic carbocycles. The van der Waals surface area contributed by atoms with E-state index in [0.29, 0.717) is 12.1 Å². The van der Waals surface area contributed by atoms with Gasteiger partial charge in [-0.3, -0.25) is 14.5 Å². The van der Waals surface area contributed by atoms with Gasteiger partial charge in [0.15, 0.2) is 0 Å². The van der Waals surface area contributed by atoms with Crippen LogP contribution < -0.4 is 5.32 Å². The summed E-state index contributed by atoms with van der Waals surface area (Å²) in [6.45, 7) is 1.24. The Morgan fingerprint density at radius 3 is 2.40 bits per heavy atom. The first kappa shape index (κ1) is 19.9. The molecule has 0 fully saturated rings. The standard InChI is InChI=1S/C24H22N4OS/c29-24(22-8-10-23(11-9-22)30-18-21-3-1-12-25-15-21)26-16-19-4-6-20(7-5-19)17-28-14-2-13-27-28/h1-15H,16-18H2,(H,26,29). The van der Waals surface area contributed by atoms with Crippen LogP contribution in [0.25, 0.3) is 0 Å². The second-order valence-electron chi connectivity index (χ2n) is 6.88. The van der Waals surface area contributed by atoms with Crippen LogP contribution in [0.15, 0.2) is 96.4 Å². The summed E-state index contributed by atoms with van der Waals surface area (Å²) in [5, 5.41) is 7.20. The number of aromatic nitrogens is 3. The summed E-state index contributed by atoms with van der Waals surface area (Å²) in [7, 11) is 0. The van der Waals surface area contributed by atoms with Gasteiger partial charge in [0.1, 0.15) is 0 Å². The first-order chi connectivity index (χ1) is 14.8. The molecule has 0 saturated heterocycles. The molecule has 0 radical (unpaired) electrons. The highest BCUT2D eigenvalue weighted by Gasteiger charge is 2.06. The number of hydrogen-bond donors (Lipinski definition) is 1. The van der Waals surface area contributed by atoms with E-state index in [9.17, 15) is 4.79 Å². The lowest BCUT2D eigenvalue weighted by Gasteiger charge is -2.08. The van der Waals surface area contributed by atoms with Crippen molar-refractivity contribution in [2.24, 2.45) is 0 Å². The minimum atomic E-state index is -0.0700. The van der Waals surface area contributed by atoms with Gasteiger partial charge in [-0.2, -0.15) is 5.10 Å². The van der Waals surface area contributed by atoms with Gasteiger partial charge in [-0.05, 0) is 53.1 Å². The molecule has 150 valence electrons. The molecule has 0 aliphatic rings. The van der Waals surface area contributed by atoms with Gasteiger partial charge in [-0.25, -0.2) is 0 Å². The third kappa shape index (κ3) is 5.58. The Bertz CT molecular complexity index is 1060. The van der Waals surface area contributed by atoms with E-state index in [-0.39, 0.29) is 5.91 Å². The van der Waals surface area contributed by atoms with Crippen molar-refractivity contribution >= 4 is 17.7 Å². The van der Waals surface area contributed by atoms with Crippen LogP contribution in [0, 0.1) is 0 Å². The molecule has 4 rings (SSSR count). The zero-order valence-electron chi connectivity index (χ0n) is 16.4. The maximum absolute atomic E-state index is 12.4. The Morgan fingerprint density at radius 2 is 1.70 bits per heavy atom. The molecule has 2 aromatic carbocycles. The lowest BCUT2D eigenvalue weighted by Crippen LogP contribution is -2.22. The molecule has 0 atom stereocenters. The Labute approximate surface area is 180 Å². The molecule has 6 heteroatoms. The van der Waals surface area contributed by atoms with Gasteiger partial charge in [0.05, 0.1) is 6.54 Å². The Hall–Kier alpha value is -3.38. The molecule has 2 aromatic heterocycles. The number of amides is 1. The van der Waals surface area contributed by atoms with Gasteiger partial charge < -0.3 is 5.32 Å². The number of carbonyl (C=O) groups excluding carboxylic acids is 1. The van der Waals surface area contributed by atoms with E-state index < -0.39 is 0 Å². The van der Waals surface area contributed by atoms with Crippen LogP contribution in [-0.4, -0.2) is 20.7 Å². The molecule has 0 unspecified atom stereocenters. The molecule has 30 heavy (non-hydrogen) atoms. The molecule has 0 aliphatic heterocycles. The maximum atomic E-state index is 12.4. The first-order valence-corrected chi connectivity index (χ1v) is 10.7. The second-order valence-corrected chi connectivity index (χ2v) is 7.93. The normalized spacial score (nSPS) is 10.7. The third-order valence-electron chi connectivity index (χ3n) is 4.62. The van der Waals surface area contributed by atoms with Gasteiger partial charge >= 0.3 is 0 Å². The summed E-state index contributed by atoms with van der Waals surface area (Å²) < 4.78 is 1.88. The van der Waals surface area contributed by atoms with Crippen LogP contribution >= 0.6 is 11.8 Å². The van der Waals surface area contributed by atoms with Crippen LogP contribution in [-0.2, 0) is 18.8 Å². The van der Waals surface area contributed by atoms with E-state index in [0.717, 1.165) is 22.8 Å². The van der Waals surface area contributed by atoms with Gasteiger partial charge in [-0.1, -0.05) is 30.3 Å². The van der Waals surface area contributed by atoms with Gasteiger partial charge in [0, 0.05) is 47.5 Å². The minimum absolute atomic E-state index is 0.0700. The van der Waals surface area contributed by atoms with Crippen LogP contribution in [0.4, 0.5) is 0 Å². The van der Waals surface area contributed by atoms with Gasteiger partial charge in [0.25, 0.3) is 5.91 Å². The van der Waals surface area contributed by atoms with Crippen molar-refractivity contribution in [1.82, 2.24) is 20.1 Å². The van der Waals surface area contributed by atoms with E-state index in [2.05, 4.69) is 33.6 Å². The predicted molar refractivity (Wildman–Crippen MR) is 119 cm³/mol. The molecular weight excluding hydrogens is 392 g/mol. The Kier molecular flexibility index (Phi) is 6.57. The zero-order valence-corrected chi connectivity index (χ0v) is 17.3. The number of carbonyl (C=O) groups is 1. The molecule has 0 saturated carbocycles. The first-order valence-electron chi connectivity index (χ1n) is 9.71. The number of benzene rings is 2. The second kappa shape index (κ2) is 9.89. The van der Waals surface area contributed by atoms with Gasteiger partial charge in [0.2, 0.25) is 0 Å². The maximum Gasteiger partial charge on any atom is 0.251 e. The SMILES string of the molecule is O=C(NCc1ccc(Cn2cccn2)cc1)c1ccc(SCc2cccnc2)cc1. The molecule has 0 spiro atoms. The minimum Gasteiger partial charge on any atom is -0.348 e. The number of pyridine rings is 1. The topological polar surface area (TPSA) is 59.8 Å². The van der Waals surface area contributed by atoms with Crippen molar-refractivity contribution < 1.29 is 4.79 Å².